The Hall–Kier alpha value is -4.20. The largest absolute Gasteiger partial charge is 0.489 e. The van der Waals surface area contributed by atoms with Crippen LogP contribution in [0.4, 0.5) is 5.13 Å². The van der Waals surface area contributed by atoms with Crippen molar-refractivity contribution in [2.45, 2.75) is 51.2 Å². The van der Waals surface area contributed by atoms with Crippen LogP contribution in [-0.4, -0.2) is 107 Å². The monoisotopic (exact) mass is 758 g/mol. The average Bonchev–Trinajstić information content (AvgIpc) is 3.51. The first kappa shape index (κ1) is 37.6. The van der Waals surface area contributed by atoms with Gasteiger partial charge in [0.15, 0.2) is 16.6 Å². The number of hydrogen-bond donors (Lipinski definition) is 4. The first-order valence-electron chi connectivity index (χ1n) is 17.0. The summed E-state index contributed by atoms with van der Waals surface area (Å²) in [6.45, 7) is 8.19. The van der Waals surface area contributed by atoms with E-state index in [4.69, 9.17) is 19.9 Å². The zero-order valence-corrected chi connectivity index (χ0v) is 30.4. The molecular weight excluding hydrogens is 717 g/mol. The fourth-order valence-corrected chi connectivity index (χ4v) is 7.76. The van der Waals surface area contributed by atoms with E-state index in [0.717, 1.165) is 60.6 Å². The summed E-state index contributed by atoms with van der Waals surface area (Å²) in [7, 11) is -4.99. The molecule has 0 spiro atoms. The van der Waals surface area contributed by atoms with Crippen LogP contribution in [0.2, 0.25) is 0 Å². The highest BCUT2D eigenvalue weighted by Gasteiger charge is 2.57. The van der Waals surface area contributed by atoms with Gasteiger partial charge in [-0.3, -0.25) is 14.1 Å². The number of aromatic nitrogens is 1. The number of piperidine rings is 1. The van der Waals surface area contributed by atoms with Crippen molar-refractivity contribution in [3.8, 4) is 5.75 Å². The molecule has 3 fully saturated rings. The Morgan fingerprint density at radius 3 is 2.46 bits per heavy atom. The third-order valence-corrected chi connectivity index (χ3v) is 10.9. The number of amides is 1. The number of β-lactam (4-membered cyclic amide) rings is 1. The normalized spacial score (nSPS) is 20.7. The van der Waals surface area contributed by atoms with Crippen molar-refractivity contribution in [1.82, 2.24) is 20.3 Å². The minimum absolute atomic E-state index is 0.00532. The third kappa shape index (κ3) is 8.87. The molecule has 2 aromatic carbocycles. The number of oxime groups is 1. The molecule has 0 radical (unpaired) electrons. The number of carboxylic acid groups (broad SMARTS) is 1. The molecule has 0 saturated carbocycles. The van der Waals surface area contributed by atoms with E-state index in [2.05, 4.69) is 36.8 Å². The SMILES string of the molecule is CC1(C)C(CC(=O)/C(=N\O[C@@H](COc2ccc3cc(CC4CCN(CC5CNC5)CC4)ccc3c2)C(=O)O)c2csc(N)n2)C(=O)N1OS(=O)(=O)O. The lowest BCUT2D eigenvalue weighted by Gasteiger charge is -2.50. The number of carbonyl (C=O) groups is 3. The number of thiazole rings is 1. The maximum atomic E-state index is 13.4. The number of nitrogen functional groups attached to an aromatic ring is 1. The summed E-state index contributed by atoms with van der Waals surface area (Å²) in [4.78, 5) is 50.1. The molecule has 6 rings (SSSR count). The predicted molar refractivity (Wildman–Crippen MR) is 191 cm³/mol. The molecule has 2 atom stereocenters. The van der Waals surface area contributed by atoms with Crippen LogP contribution in [0.25, 0.3) is 10.8 Å². The van der Waals surface area contributed by atoms with Crippen LogP contribution in [0.3, 0.4) is 0 Å². The molecule has 3 aliphatic heterocycles. The molecule has 16 nitrogen and oxygen atoms in total. The van der Waals surface area contributed by atoms with E-state index >= 15 is 0 Å². The van der Waals surface area contributed by atoms with Gasteiger partial charge >= 0.3 is 16.4 Å². The molecule has 0 aliphatic carbocycles. The first-order valence-corrected chi connectivity index (χ1v) is 19.2. The molecule has 4 heterocycles. The summed E-state index contributed by atoms with van der Waals surface area (Å²) >= 11 is 1.00. The number of aliphatic carboxylic acids is 1. The molecule has 3 aromatic rings. The van der Waals surface area contributed by atoms with Crippen LogP contribution in [0, 0.1) is 17.8 Å². The first-order chi connectivity index (χ1) is 24.7. The van der Waals surface area contributed by atoms with Gasteiger partial charge in [-0.1, -0.05) is 29.4 Å². The topological polar surface area (TPSA) is 223 Å². The van der Waals surface area contributed by atoms with Crippen molar-refractivity contribution >= 4 is 61.0 Å². The Morgan fingerprint density at radius 1 is 1.13 bits per heavy atom. The number of hydrogen-bond acceptors (Lipinski definition) is 14. The minimum Gasteiger partial charge on any atom is -0.489 e. The van der Waals surface area contributed by atoms with Crippen LogP contribution in [-0.2, 0) is 40.3 Å². The zero-order valence-electron chi connectivity index (χ0n) is 28.8. The minimum atomic E-state index is -4.99. The third-order valence-electron chi connectivity index (χ3n) is 9.90. The van der Waals surface area contributed by atoms with E-state index in [0.29, 0.717) is 16.7 Å². The number of hydroxylamine groups is 2. The Labute approximate surface area is 304 Å². The van der Waals surface area contributed by atoms with Gasteiger partial charge in [0.25, 0.3) is 12.0 Å². The molecule has 52 heavy (non-hydrogen) atoms. The van der Waals surface area contributed by atoms with E-state index in [1.165, 1.54) is 44.2 Å². The van der Waals surface area contributed by atoms with Gasteiger partial charge in [0.05, 0.1) is 11.5 Å². The molecule has 0 bridgehead atoms. The van der Waals surface area contributed by atoms with Crippen molar-refractivity contribution in [3.05, 3.63) is 53.0 Å². The van der Waals surface area contributed by atoms with Gasteiger partial charge in [0.2, 0.25) is 0 Å². The summed E-state index contributed by atoms with van der Waals surface area (Å²) in [6, 6.07) is 11.8. The van der Waals surface area contributed by atoms with E-state index in [1.54, 1.807) is 6.07 Å². The van der Waals surface area contributed by atoms with Crippen LogP contribution >= 0.6 is 11.3 Å². The lowest BCUT2D eigenvalue weighted by molar-refractivity contribution is -0.228. The number of nitrogens with zero attached hydrogens (tertiary/aromatic N) is 4. The number of rotatable bonds is 16. The molecule has 1 amide bonds. The van der Waals surface area contributed by atoms with Gasteiger partial charge in [-0.15, -0.1) is 15.6 Å². The van der Waals surface area contributed by atoms with Gasteiger partial charge in [0, 0.05) is 31.4 Å². The number of carbonyl (C=O) groups excluding carboxylic acids is 2. The van der Waals surface area contributed by atoms with Crippen molar-refractivity contribution in [2.75, 3.05) is 45.1 Å². The van der Waals surface area contributed by atoms with Crippen molar-refractivity contribution in [3.63, 3.8) is 0 Å². The van der Waals surface area contributed by atoms with Gasteiger partial charge in [-0.25, -0.2) is 9.78 Å². The standard InChI is InChI=1S/C34H42N6O10S2/c1-34(2)26(31(42)40(34)50-52(45,46)47)14-28(41)30(27-19-51-33(35)37-27)38-49-29(32(43)44)18-48-25-6-5-23-12-21(3-4-24(23)13-25)11-20-7-9-39(10-8-20)17-22-15-36-16-22/h3-6,12-13,19-20,22,26,29,36H,7-11,14-18H2,1-2H3,(H2,35,37)(H,43,44)(H,45,46,47)/b38-30-/t26?,29-/m0/s1. The lowest BCUT2D eigenvalue weighted by Crippen LogP contribution is -2.68. The van der Waals surface area contributed by atoms with Gasteiger partial charge in [-0.05, 0) is 86.5 Å². The Balaban J connectivity index is 1.07. The molecule has 3 saturated heterocycles. The van der Waals surface area contributed by atoms with Gasteiger partial charge in [-0.2, -0.15) is 13.5 Å². The van der Waals surface area contributed by atoms with E-state index in [9.17, 15) is 27.9 Å². The second kappa shape index (κ2) is 15.4. The van der Waals surface area contributed by atoms with Crippen LogP contribution in [0.5, 0.6) is 5.75 Å². The summed E-state index contributed by atoms with van der Waals surface area (Å²) in [5, 5.41) is 21.0. The fraction of sp³-hybridized carbons (Fsp3) is 0.500. The summed E-state index contributed by atoms with van der Waals surface area (Å²) in [5.41, 5.74) is 5.33. The second-order valence-corrected chi connectivity index (χ2v) is 15.9. The molecule has 18 heteroatoms. The lowest BCUT2D eigenvalue weighted by atomic mass is 9.74. The van der Waals surface area contributed by atoms with Crippen LogP contribution in [0.1, 0.15) is 44.4 Å². The molecule has 1 unspecified atom stereocenters. The van der Waals surface area contributed by atoms with Crippen LogP contribution in [0.15, 0.2) is 46.9 Å². The fourth-order valence-electron chi connectivity index (χ4n) is 6.76. The number of Topliss-reactive ketones (excluding diaryl/α,β-unsaturated/α-hetero) is 1. The smallest absolute Gasteiger partial charge is 0.418 e. The maximum absolute atomic E-state index is 13.4. The number of benzene rings is 2. The number of nitrogens with one attached hydrogen (secondary N) is 1. The van der Waals surface area contributed by atoms with Gasteiger partial charge in [0.1, 0.15) is 18.1 Å². The van der Waals surface area contributed by atoms with E-state index in [-0.39, 0.29) is 10.8 Å². The molecule has 3 aliphatic rings. The quantitative estimate of drug-likeness (QED) is 0.0714. The number of carboxylic acids is 1. The highest BCUT2D eigenvalue weighted by molar-refractivity contribution is 7.80. The molecule has 5 N–H and O–H groups in total. The van der Waals surface area contributed by atoms with Gasteiger partial charge < -0.3 is 30.6 Å². The number of anilines is 1. The number of ketones is 1. The Morgan fingerprint density at radius 2 is 1.85 bits per heavy atom. The summed E-state index contributed by atoms with van der Waals surface area (Å²) < 4.78 is 41.5. The van der Waals surface area contributed by atoms with E-state index < -0.39 is 64.4 Å². The Bertz CT molecular complexity index is 1960. The Kier molecular flexibility index (Phi) is 11.1. The highest BCUT2D eigenvalue weighted by Crippen LogP contribution is 2.40. The average molecular weight is 759 g/mol. The summed E-state index contributed by atoms with van der Waals surface area (Å²) in [6.07, 6.45) is 1.30. The molecule has 1 aromatic heterocycles. The molecule has 280 valence electrons. The number of likely N-dealkylation sites (tertiary alicyclic amines) is 1. The van der Waals surface area contributed by atoms with Crippen molar-refractivity contribution in [2.24, 2.45) is 22.9 Å². The molecular formula is C34H42N6O10S2. The maximum Gasteiger partial charge on any atom is 0.418 e. The van der Waals surface area contributed by atoms with Crippen LogP contribution < -0.4 is 15.8 Å². The summed E-state index contributed by atoms with van der Waals surface area (Å²) in [5.74, 6) is -2.24. The van der Waals surface area contributed by atoms with E-state index in [1.807, 2.05) is 18.2 Å². The number of nitrogens with two attached hydrogens (primary N) is 1. The number of ether oxygens (including phenoxy) is 1. The highest BCUT2D eigenvalue weighted by atomic mass is 32.3. The predicted octanol–water partition coefficient (Wildman–Crippen LogP) is 2.54. The zero-order chi connectivity index (χ0) is 37.2. The second-order valence-electron chi connectivity index (χ2n) is 14.0. The number of fused-ring (bicyclic) bond motifs is 1. The van der Waals surface area contributed by atoms with Crippen molar-refractivity contribution < 1.29 is 46.3 Å². The van der Waals surface area contributed by atoms with Crippen molar-refractivity contribution in [1.29, 1.82) is 0 Å².